The highest BCUT2D eigenvalue weighted by Gasteiger charge is 2.18. The zero-order valence-electron chi connectivity index (χ0n) is 14.5. The number of rotatable bonds is 5. The van der Waals surface area contributed by atoms with E-state index in [0.29, 0.717) is 6.42 Å². The Labute approximate surface area is 141 Å². The summed E-state index contributed by atoms with van der Waals surface area (Å²) < 4.78 is 14.6. The molecule has 1 N–H and O–H groups in total. The number of hydrogen-bond donors (Lipinski definition) is 1. The van der Waals surface area contributed by atoms with E-state index in [2.05, 4.69) is 5.32 Å². The summed E-state index contributed by atoms with van der Waals surface area (Å²) in [5.41, 5.74) is 1.49. The molecule has 0 aliphatic carbocycles. The van der Waals surface area contributed by atoms with Gasteiger partial charge in [0.05, 0.1) is 6.04 Å². The summed E-state index contributed by atoms with van der Waals surface area (Å²) in [4.78, 5) is 24.9. The smallest absolute Gasteiger partial charge is 0.263 e. The molecular weight excluding hydrogens is 307 g/mol. The minimum atomic E-state index is -0.415. The maximum atomic E-state index is 13.1. The maximum Gasteiger partial charge on any atom is 0.263 e. The molecule has 1 amide bonds. The van der Waals surface area contributed by atoms with Gasteiger partial charge in [-0.1, -0.05) is 32.9 Å². The van der Waals surface area contributed by atoms with Crippen LogP contribution < -0.4 is 10.9 Å². The molecule has 1 aromatic carbocycles. The molecule has 1 atom stereocenters. The Kier molecular flexibility index (Phi) is 5.54. The fourth-order valence-electron chi connectivity index (χ4n) is 2.75. The van der Waals surface area contributed by atoms with Crippen molar-refractivity contribution in [3.63, 3.8) is 0 Å². The average molecular weight is 330 g/mol. The van der Waals surface area contributed by atoms with Crippen molar-refractivity contribution in [2.45, 2.75) is 39.2 Å². The van der Waals surface area contributed by atoms with E-state index in [1.54, 1.807) is 31.3 Å². The number of nitrogens with one attached hydrogen (secondary N) is 1. The first-order chi connectivity index (χ1) is 11.3. The van der Waals surface area contributed by atoms with E-state index in [9.17, 15) is 14.0 Å². The Hall–Kier alpha value is -2.43. The van der Waals surface area contributed by atoms with Crippen LogP contribution in [0.4, 0.5) is 4.39 Å². The zero-order valence-corrected chi connectivity index (χ0v) is 14.5. The van der Waals surface area contributed by atoms with Gasteiger partial charge in [-0.05, 0) is 42.2 Å². The fraction of sp³-hybridized carbons (Fsp3) is 0.368. The topological polar surface area (TPSA) is 51.1 Å². The van der Waals surface area contributed by atoms with Gasteiger partial charge < -0.3 is 9.88 Å². The predicted molar refractivity (Wildman–Crippen MR) is 92.7 cm³/mol. The largest absolute Gasteiger partial charge is 0.345 e. The summed E-state index contributed by atoms with van der Waals surface area (Å²) in [6.07, 6.45) is 0.641. The molecule has 0 saturated carbocycles. The standard InChI is InChI=1S/C19H23FN2O2/c1-5-16(13-6-8-14(20)9-7-13)21-18(23)15-10-11-17(12(2)3)22(4)19(15)24/h6-12,16H,5H2,1-4H3,(H,21,23). The van der Waals surface area contributed by atoms with Crippen LogP contribution in [0.5, 0.6) is 0 Å². The molecule has 0 spiro atoms. The van der Waals surface area contributed by atoms with Gasteiger partial charge in [0, 0.05) is 12.7 Å². The molecule has 1 heterocycles. The molecule has 0 aliphatic rings. The quantitative estimate of drug-likeness (QED) is 0.912. The number of nitrogens with zero attached hydrogens (tertiary/aromatic N) is 1. The molecule has 0 saturated heterocycles. The van der Waals surface area contributed by atoms with Crippen LogP contribution in [-0.2, 0) is 7.05 Å². The van der Waals surface area contributed by atoms with Gasteiger partial charge in [-0.3, -0.25) is 9.59 Å². The van der Waals surface area contributed by atoms with Gasteiger partial charge in [-0.15, -0.1) is 0 Å². The first-order valence-corrected chi connectivity index (χ1v) is 8.11. The normalized spacial score (nSPS) is 12.2. The molecule has 24 heavy (non-hydrogen) atoms. The molecule has 128 valence electrons. The lowest BCUT2D eigenvalue weighted by Crippen LogP contribution is -2.35. The van der Waals surface area contributed by atoms with E-state index in [1.807, 2.05) is 20.8 Å². The Morgan fingerprint density at radius 1 is 1.17 bits per heavy atom. The molecule has 2 rings (SSSR count). The van der Waals surface area contributed by atoms with Crippen molar-refractivity contribution in [3.8, 4) is 0 Å². The molecule has 5 heteroatoms. The second kappa shape index (κ2) is 7.43. The van der Waals surface area contributed by atoms with Gasteiger partial charge in [-0.2, -0.15) is 0 Å². The van der Waals surface area contributed by atoms with Crippen molar-refractivity contribution in [2.24, 2.45) is 7.05 Å². The molecule has 4 nitrogen and oxygen atoms in total. The van der Waals surface area contributed by atoms with Gasteiger partial charge in [0.2, 0.25) is 0 Å². The van der Waals surface area contributed by atoms with Crippen molar-refractivity contribution in [1.82, 2.24) is 9.88 Å². The summed E-state index contributed by atoms with van der Waals surface area (Å²) in [7, 11) is 1.67. The second-order valence-corrected chi connectivity index (χ2v) is 6.18. The number of pyridine rings is 1. The molecular formula is C19H23FN2O2. The van der Waals surface area contributed by atoms with Crippen molar-refractivity contribution in [2.75, 3.05) is 0 Å². The molecule has 0 radical (unpaired) electrons. The van der Waals surface area contributed by atoms with Gasteiger partial charge in [0.15, 0.2) is 0 Å². The maximum absolute atomic E-state index is 13.1. The molecule has 0 fully saturated rings. The molecule has 2 aromatic rings. The predicted octanol–water partition coefficient (Wildman–Crippen LogP) is 3.53. The highest BCUT2D eigenvalue weighted by atomic mass is 19.1. The minimum Gasteiger partial charge on any atom is -0.345 e. The number of aromatic nitrogens is 1. The van der Waals surface area contributed by atoms with Gasteiger partial charge in [0.1, 0.15) is 11.4 Å². The molecule has 1 unspecified atom stereocenters. The van der Waals surface area contributed by atoms with Crippen LogP contribution in [0.2, 0.25) is 0 Å². The summed E-state index contributed by atoms with van der Waals surface area (Å²) >= 11 is 0. The van der Waals surface area contributed by atoms with E-state index >= 15 is 0 Å². The van der Waals surface area contributed by atoms with Gasteiger partial charge in [0.25, 0.3) is 11.5 Å². The summed E-state index contributed by atoms with van der Waals surface area (Å²) in [6, 6.07) is 9.12. The number of carbonyl (C=O) groups excluding carboxylic acids is 1. The average Bonchev–Trinajstić information content (AvgIpc) is 2.55. The van der Waals surface area contributed by atoms with Crippen LogP contribution in [0.15, 0.2) is 41.2 Å². The second-order valence-electron chi connectivity index (χ2n) is 6.18. The number of carbonyl (C=O) groups is 1. The highest BCUT2D eigenvalue weighted by Crippen LogP contribution is 2.18. The summed E-state index contributed by atoms with van der Waals surface area (Å²) in [5, 5.41) is 2.86. The van der Waals surface area contributed by atoms with Crippen LogP contribution in [-0.4, -0.2) is 10.5 Å². The third-order valence-corrected chi connectivity index (χ3v) is 4.17. The Morgan fingerprint density at radius 2 is 1.79 bits per heavy atom. The Morgan fingerprint density at radius 3 is 2.33 bits per heavy atom. The SMILES string of the molecule is CCC(NC(=O)c1ccc(C(C)C)n(C)c1=O)c1ccc(F)cc1. The Bertz CT molecular complexity index is 779. The lowest BCUT2D eigenvalue weighted by Gasteiger charge is -2.18. The summed E-state index contributed by atoms with van der Waals surface area (Å²) in [5.74, 6) is -0.539. The monoisotopic (exact) mass is 330 g/mol. The fourth-order valence-corrected chi connectivity index (χ4v) is 2.75. The number of halogens is 1. The third kappa shape index (κ3) is 3.72. The first kappa shape index (κ1) is 17.9. The van der Waals surface area contributed by atoms with Gasteiger partial charge in [-0.25, -0.2) is 4.39 Å². The van der Waals surface area contributed by atoms with Crippen molar-refractivity contribution in [3.05, 3.63) is 69.4 Å². The van der Waals surface area contributed by atoms with Crippen LogP contribution in [0, 0.1) is 5.82 Å². The number of benzene rings is 1. The van der Waals surface area contributed by atoms with Crippen molar-refractivity contribution >= 4 is 5.91 Å². The van der Waals surface area contributed by atoms with Crippen LogP contribution in [0.3, 0.4) is 0 Å². The number of amides is 1. The lowest BCUT2D eigenvalue weighted by atomic mass is 10.0. The van der Waals surface area contributed by atoms with Crippen LogP contribution in [0.1, 0.15) is 60.8 Å². The lowest BCUT2D eigenvalue weighted by molar-refractivity contribution is 0.0933. The Balaban J connectivity index is 2.27. The first-order valence-electron chi connectivity index (χ1n) is 8.11. The van der Waals surface area contributed by atoms with E-state index in [0.717, 1.165) is 11.3 Å². The third-order valence-electron chi connectivity index (χ3n) is 4.17. The van der Waals surface area contributed by atoms with E-state index < -0.39 is 5.91 Å². The highest BCUT2D eigenvalue weighted by molar-refractivity contribution is 5.94. The molecule has 0 bridgehead atoms. The zero-order chi connectivity index (χ0) is 17.9. The van der Waals surface area contributed by atoms with Crippen LogP contribution in [0.25, 0.3) is 0 Å². The van der Waals surface area contributed by atoms with Crippen molar-refractivity contribution < 1.29 is 9.18 Å². The van der Waals surface area contributed by atoms with Crippen LogP contribution >= 0.6 is 0 Å². The van der Waals surface area contributed by atoms with E-state index in [1.165, 1.54) is 16.7 Å². The van der Waals surface area contributed by atoms with Gasteiger partial charge >= 0.3 is 0 Å². The number of hydrogen-bond acceptors (Lipinski definition) is 2. The molecule has 0 aliphatic heterocycles. The minimum absolute atomic E-state index is 0.113. The van der Waals surface area contributed by atoms with E-state index in [-0.39, 0.29) is 28.9 Å². The summed E-state index contributed by atoms with van der Waals surface area (Å²) in [6.45, 7) is 5.92. The van der Waals surface area contributed by atoms with Crippen molar-refractivity contribution in [1.29, 1.82) is 0 Å². The van der Waals surface area contributed by atoms with E-state index in [4.69, 9.17) is 0 Å². The molecule has 1 aromatic heterocycles.